The van der Waals surface area contributed by atoms with Gasteiger partial charge in [0.1, 0.15) is 0 Å². The highest BCUT2D eigenvalue weighted by molar-refractivity contribution is 7.07. The van der Waals surface area contributed by atoms with Crippen LogP contribution in [0.5, 0.6) is 0 Å². The molecule has 0 saturated carbocycles. The molecule has 1 aromatic rings. The van der Waals surface area contributed by atoms with Gasteiger partial charge in [-0.1, -0.05) is 0 Å². The summed E-state index contributed by atoms with van der Waals surface area (Å²) < 4.78 is 0. The smallest absolute Gasteiger partial charge is 0.0865 e. The Morgan fingerprint density at radius 3 is 3.11 bits per heavy atom. The lowest BCUT2D eigenvalue weighted by atomic mass is 10.1. The average Bonchev–Trinajstić information content (AvgIpc) is 2.37. The van der Waals surface area contributed by atoms with Crippen LogP contribution >= 0.6 is 11.3 Å². The summed E-state index contributed by atoms with van der Waals surface area (Å²) in [5, 5.41) is 10.3. The van der Waals surface area contributed by atoms with Crippen molar-refractivity contribution < 1.29 is 0 Å². The largest absolute Gasteiger partial charge is 0.248 e. The van der Waals surface area contributed by atoms with Crippen LogP contribution in [0.25, 0.3) is 0 Å². The standard InChI is InChI=1S/C6H6N2S/c1-5(2-7)6-3-9-4-8-6/h3-5H,1H3. The molecule has 0 fully saturated rings. The molecule has 0 saturated heterocycles. The fourth-order valence-corrected chi connectivity index (χ4v) is 1.15. The van der Waals surface area contributed by atoms with E-state index >= 15 is 0 Å². The summed E-state index contributed by atoms with van der Waals surface area (Å²) in [6.45, 7) is 1.84. The Morgan fingerprint density at radius 1 is 1.89 bits per heavy atom. The summed E-state index contributed by atoms with van der Waals surface area (Å²) in [6, 6.07) is 2.11. The number of nitrogens with zero attached hydrogens (tertiary/aromatic N) is 2. The molecule has 0 aliphatic carbocycles. The second-order valence-electron chi connectivity index (χ2n) is 1.76. The summed E-state index contributed by atoms with van der Waals surface area (Å²) in [5.74, 6) is -0.0590. The molecule has 1 heterocycles. The van der Waals surface area contributed by atoms with Gasteiger partial charge in [-0.3, -0.25) is 0 Å². The van der Waals surface area contributed by atoms with Crippen LogP contribution in [-0.4, -0.2) is 4.98 Å². The molecule has 1 unspecified atom stereocenters. The molecule has 0 N–H and O–H groups in total. The van der Waals surface area contributed by atoms with E-state index in [4.69, 9.17) is 5.26 Å². The number of aromatic nitrogens is 1. The molecule has 9 heavy (non-hydrogen) atoms. The van der Waals surface area contributed by atoms with E-state index in [1.807, 2.05) is 12.3 Å². The van der Waals surface area contributed by atoms with Gasteiger partial charge in [0.05, 0.1) is 23.2 Å². The maximum atomic E-state index is 8.42. The highest BCUT2D eigenvalue weighted by atomic mass is 32.1. The summed E-state index contributed by atoms with van der Waals surface area (Å²) in [7, 11) is 0. The van der Waals surface area contributed by atoms with Crippen LogP contribution < -0.4 is 0 Å². The van der Waals surface area contributed by atoms with Crippen molar-refractivity contribution in [1.82, 2.24) is 4.98 Å². The summed E-state index contributed by atoms with van der Waals surface area (Å²) in [4.78, 5) is 3.98. The zero-order valence-corrected chi connectivity index (χ0v) is 5.85. The van der Waals surface area contributed by atoms with E-state index < -0.39 is 0 Å². The summed E-state index contributed by atoms with van der Waals surface area (Å²) in [6.07, 6.45) is 0. The van der Waals surface area contributed by atoms with Gasteiger partial charge in [-0.15, -0.1) is 11.3 Å². The van der Waals surface area contributed by atoms with Crippen LogP contribution in [-0.2, 0) is 0 Å². The predicted molar refractivity (Wildman–Crippen MR) is 36.1 cm³/mol. The van der Waals surface area contributed by atoms with E-state index in [0.29, 0.717) is 0 Å². The van der Waals surface area contributed by atoms with E-state index in [2.05, 4.69) is 11.1 Å². The van der Waals surface area contributed by atoms with Gasteiger partial charge in [0, 0.05) is 5.38 Å². The second kappa shape index (κ2) is 2.60. The van der Waals surface area contributed by atoms with Crippen molar-refractivity contribution in [1.29, 1.82) is 5.26 Å². The summed E-state index contributed by atoms with van der Waals surface area (Å²) >= 11 is 1.52. The van der Waals surface area contributed by atoms with Gasteiger partial charge >= 0.3 is 0 Å². The fourth-order valence-electron chi connectivity index (χ4n) is 0.502. The first kappa shape index (κ1) is 6.24. The number of thiazole rings is 1. The molecule has 1 rings (SSSR count). The van der Waals surface area contributed by atoms with Gasteiger partial charge in [0.25, 0.3) is 0 Å². The molecule has 0 spiro atoms. The molecular weight excluding hydrogens is 132 g/mol. The highest BCUT2D eigenvalue weighted by Gasteiger charge is 2.03. The first-order valence-electron chi connectivity index (χ1n) is 2.62. The predicted octanol–water partition coefficient (Wildman–Crippen LogP) is 1.77. The van der Waals surface area contributed by atoms with Crippen molar-refractivity contribution in [2.24, 2.45) is 0 Å². The molecule has 0 aliphatic heterocycles. The Labute approximate surface area is 57.8 Å². The van der Waals surface area contributed by atoms with Gasteiger partial charge < -0.3 is 0 Å². The molecule has 0 bridgehead atoms. The van der Waals surface area contributed by atoms with E-state index in [9.17, 15) is 0 Å². The van der Waals surface area contributed by atoms with Gasteiger partial charge in [0.15, 0.2) is 0 Å². The van der Waals surface area contributed by atoms with Crippen LogP contribution in [0.3, 0.4) is 0 Å². The number of rotatable bonds is 1. The Bertz CT molecular complexity index is 209. The highest BCUT2D eigenvalue weighted by Crippen LogP contribution is 2.12. The third kappa shape index (κ3) is 1.27. The lowest BCUT2D eigenvalue weighted by Gasteiger charge is -1.91. The Morgan fingerprint density at radius 2 is 2.67 bits per heavy atom. The van der Waals surface area contributed by atoms with Crippen molar-refractivity contribution in [2.45, 2.75) is 12.8 Å². The third-order valence-electron chi connectivity index (χ3n) is 1.09. The monoisotopic (exact) mass is 138 g/mol. The molecule has 0 aromatic carbocycles. The molecule has 46 valence electrons. The van der Waals surface area contributed by atoms with E-state index in [1.54, 1.807) is 5.51 Å². The maximum absolute atomic E-state index is 8.42. The van der Waals surface area contributed by atoms with Gasteiger partial charge in [-0.25, -0.2) is 4.98 Å². The van der Waals surface area contributed by atoms with Crippen LogP contribution in [0.1, 0.15) is 18.5 Å². The number of hydrogen-bond donors (Lipinski definition) is 0. The van der Waals surface area contributed by atoms with Crippen molar-refractivity contribution in [3.63, 3.8) is 0 Å². The first-order chi connectivity index (χ1) is 4.34. The zero-order chi connectivity index (χ0) is 6.69. The molecule has 0 amide bonds. The van der Waals surface area contributed by atoms with Gasteiger partial charge in [-0.05, 0) is 6.92 Å². The molecule has 2 nitrogen and oxygen atoms in total. The first-order valence-corrected chi connectivity index (χ1v) is 3.56. The van der Waals surface area contributed by atoms with E-state index in [1.165, 1.54) is 11.3 Å². The lowest BCUT2D eigenvalue weighted by molar-refractivity contribution is 0.935. The lowest BCUT2D eigenvalue weighted by Crippen LogP contribution is -1.86. The molecule has 0 radical (unpaired) electrons. The molecule has 0 aliphatic rings. The fraction of sp³-hybridized carbons (Fsp3) is 0.333. The zero-order valence-electron chi connectivity index (χ0n) is 5.03. The Balaban J connectivity index is 2.80. The van der Waals surface area contributed by atoms with Crippen molar-refractivity contribution in [3.8, 4) is 6.07 Å². The van der Waals surface area contributed by atoms with Crippen LogP contribution in [0, 0.1) is 11.3 Å². The van der Waals surface area contributed by atoms with E-state index in [0.717, 1.165) is 5.69 Å². The molecule has 3 heteroatoms. The second-order valence-corrected chi connectivity index (χ2v) is 2.48. The number of nitriles is 1. The quantitative estimate of drug-likeness (QED) is 0.593. The van der Waals surface area contributed by atoms with Crippen molar-refractivity contribution in [2.75, 3.05) is 0 Å². The number of hydrogen-bond acceptors (Lipinski definition) is 3. The van der Waals surface area contributed by atoms with Gasteiger partial charge in [0.2, 0.25) is 0 Å². The average molecular weight is 138 g/mol. The van der Waals surface area contributed by atoms with Crippen molar-refractivity contribution in [3.05, 3.63) is 16.6 Å². The van der Waals surface area contributed by atoms with E-state index in [-0.39, 0.29) is 5.92 Å². The molecule has 1 atom stereocenters. The minimum Gasteiger partial charge on any atom is -0.248 e. The maximum Gasteiger partial charge on any atom is 0.0865 e. The normalized spacial score (nSPS) is 12.4. The Hall–Kier alpha value is -0.880. The third-order valence-corrected chi connectivity index (χ3v) is 1.69. The molecule has 1 aromatic heterocycles. The SMILES string of the molecule is CC(C#N)c1cscn1. The summed E-state index contributed by atoms with van der Waals surface area (Å²) in [5.41, 5.74) is 2.62. The van der Waals surface area contributed by atoms with Gasteiger partial charge in [-0.2, -0.15) is 5.26 Å². The Kier molecular flexibility index (Phi) is 1.81. The topological polar surface area (TPSA) is 36.7 Å². The van der Waals surface area contributed by atoms with Crippen molar-refractivity contribution >= 4 is 11.3 Å². The van der Waals surface area contributed by atoms with Crippen LogP contribution in [0.4, 0.5) is 0 Å². The minimum atomic E-state index is -0.0590. The van der Waals surface area contributed by atoms with Crippen LogP contribution in [0.15, 0.2) is 10.9 Å². The minimum absolute atomic E-state index is 0.0590. The molecular formula is C6H6N2S. The van der Waals surface area contributed by atoms with Crippen LogP contribution in [0.2, 0.25) is 0 Å².